The fourth-order valence-corrected chi connectivity index (χ4v) is 3.47. The zero-order chi connectivity index (χ0) is 11.5. The fraction of sp³-hybridized carbons (Fsp3) is 0.692. The van der Waals surface area contributed by atoms with Crippen LogP contribution in [-0.2, 0) is 6.42 Å². The van der Waals surface area contributed by atoms with Gasteiger partial charge in [-0.05, 0) is 51.7 Å². The van der Waals surface area contributed by atoms with Gasteiger partial charge in [-0.2, -0.15) is 0 Å². The molecule has 2 nitrogen and oxygen atoms in total. The van der Waals surface area contributed by atoms with E-state index in [4.69, 9.17) is 0 Å². The molecule has 1 aromatic rings. The predicted octanol–water partition coefficient (Wildman–Crippen LogP) is 2.49. The van der Waals surface area contributed by atoms with Crippen LogP contribution in [0.2, 0.25) is 0 Å². The Balaban J connectivity index is 1.82. The second-order valence-electron chi connectivity index (χ2n) is 4.89. The van der Waals surface area contributed by atoms with Crippen LogP contribution in [0.1, 0.15) is 35.9 Å². The first kappa shape index (κ1) is 12.1. The lowest BCUT2D eigenvalue weighted by Gasteiger charge is -2.21. The Hall–Kier alpha value is -0.380. The summed E-state index contributed by atoms with van der Waals surface area (Å²) in [6.07, 6.45) is 4.18. The van der Waals surface area contributed by atoms with Crippen LogP contribution >= 0.6 is 11.3 Å². The van der Waals surface area contributed by atoms with E-state index in [1.54, 1.807) is 0 Å². The molecule has 1 aromatic heterocycles. The van der Waals surface area contributed by atoms with Crippen molar-refractivity contribution in [1.82, 2.24) is 5.32 Å². The molecule has 3 heteroatoms. The zero-order valence-electron chi connectivity index (χ0n) is 10.1. The van der Waals surface area contributed by atoms with Crippen LogP contribution in [0.3, 0.4) is 0 Å². The third-order valence-corrected chi connectivity index (χ3v) is 4.30. The van der Waals surface area contributed by atoms with Gasteiger partial charge in [-0.25, -0.2) is 0 Å². The normalized spacial score (nSPS) is 27.2. The van der Waals surface area contributed by atoms with E-state index in [2.05, 4.69) is 31.3 Å². The third-order valence-electron chi connectivity index (χ3n) is 3.28. The average molecular weight is 239 g/mol. The molecule has 0 aliphatic heterocycles. The number of hydrogen-bond donors (Lipinski definition) is 2. The van der Waals surface area contributed by atoms with Crippen LogP contribution in [0, 0.1) is 6.92 Å². The van der Waals surface area contributed by atoms with Crippen molar-refractivity contribution >= 4 is 11.3 Å². The molecule has 3 atom stereocenters. The molecule has 0 spiro atoms. The molecule has 1 fully saturated rings. The number of hydrogen-bond acceptors (Lipinski definition) is 3. The number of aryl methyl sites for hydroxylation is 1. The van der Waals surface area contributed by atoms with Crippen molar-refractivity contribution in [3.63, 3.8) is 0 Å². The number of nitrogens with one attached hydrogen (secondary N) is 1. The Bertz CT molecular complexity index is 336. The lowest BCUT2D eigenvalue weighted by atomic mass is 10.1. The molecule has 1 unspecified atom stereocenters. The summed E-state index contributed by atoms with van der Waals surface area (Å²) < 4.78 is 0. The molecule has 0 bridgehead atoms. The molecular weight excluding hydrogens is 218 g/mol. The van der Waals surface area contributed by atoms with E-state index in [1.165, 1.54) is 9.75 Å². The van der Waals surface area contributed by atoms with Crippen molar-refractivity contribution in [2.45, 2.75) is 57.7 Å². The van der Waals surface area contributed by atoms with Crippen molar-refractivity contribution in [2.24, 2.45) is 0 Å². The second-order valence-corrected chi connectivity index (χ2v) is 6.26. The molecule has 0 saturated heterocycles. The van der Waals surface area contributed by atoms with Crippen LogP contribution < -0.4 is 5.32 Å². The van der Waals surface area contributed by atoms with E-state index in [-0.39, 0.29) is 6.10 Å². The summed E-state index contributed by atoms with van der Waals surface area (Å²) in [6, 6.07) is 5.16. The highest BCUT2D eigenvalue weighted by atomic mass is 32.1. The Morgan fingerprint density at radius 1 is 1.50 bits per heavy atom. The molecule has 0 aromatic carbocycles. The largest absolute Gasteiger partial charge is 0.392 e. The molecule has 2 rings (SSSR count). The molecule has 1 aliphatic carbocycles. The van der Waals surface area contributed by atoms with Crippen molar-refractivity contribution in [3.8, 4) is 0 Å². The summed E-state index contributed by atoms with van der Waals surface area (Å²) in [4.78, 5) is 2.81. The van der Waals surface area contributed by atoms with Gasteiger partial charge in [0.05, 0.1) is 6.10 Å². The molecule has 0 radical (unpaired) electrons. The Kier molecular flexibility index (Phi) is 4.00. The maximum Gasteiger partial charge on any atom is 0.0693 e. The summed E-state index contributed by atoms with van der Waals surface area (Å²) in [7, 11) is 0. The first-order valence-corrected chi connectivity index (χ1v) is 6.96. The highest BCUT2D eigenvalue weighted by Crippen LogP contribution is 2.21. The number of aliphatic hydroxyl groups excluding tert-OH is 1. The monoisotopic (exact) mass is 239 g/mol. The minimum Gasteiger partial charge on any atom is -0.392 e. The lowest BCUT2D eigenvalue weighted by molar-refractivity contribution is 0.144. The van der Waals surface area contributed by atoms with Gasteiger partial charge in [0.2, 0.25) is 0 Å². The van der Waals surface area contributed by atoms with Crippen LogP contribution in [0.5, 0.6) is 0 Å². The Morgan fingerprint density at radius 3 is 2.88 bits per heavy atom. The minimum atomic E-state index is -0.132. The zero-order valence-corrected chi connectivity index (χ0v) is 10.9. The smallest absolute Gasteiger partial charge is 0.0693 e. The van der Waals surface area contributed by atoms with Crippen molar-refractivity contribution in [2.75, 3.05) is 0 Å². The highest BCUT2D eigenvalue weighted by molar-refractivity contribution is 7.11. The molecule has 2 N–H and O–H groups in total. The summed E-state index contributed by atoms with van der Waals surface area (Å²) in [6.45, 7) is 4.35. The topological polar surface area (TPSA) is 32.3 Å². The van der Waals surface area contributed by atoms with Crippen LogP contribution in [0.4, 0.5) is 0 Å². The molecule has 90 valence electrons. The number of rotatable bonds is 4. The molecule has 16 heavy (non-hydrogen) atoms. The van der Waals surface area contributed by atoms with Crippen LogP contribution in [0.15, 0.2) is 12.1 Å². The van der Waals surface area contributed by atoms with E-state index in [0.29, 0.717) is 12.1 Å². The maximum atomic E-state index is 9.75. The predicted molar refractivity (Wildman–Crippen MR) is 69.0 cm³/mol. The molecular formula is C13H21NOS. The van der Waals surface area contributed by atoms with Gasteiger partial charge in [0.15, 0.2) is 0 Å². The minimum absolute atomic E-state index is 0.132. The van der Waals surface area contributed by atoms with E-state index < -0.39 is 0 Å². The van der Waals surface area contributed by atoms with Gasteiger partial charge in [-0.3, -0.25) is 0 Å². The molecule has 1 aliphatic rings. The standard InChI is InChI=1S/C13H21NOS/c1-9(8-11-7-6-10(2)16-11)14-12-4-3-5-13(12)15/h6-7,9,12-15H,3-5,8H2,1-2H3/t9?,12-,13-/m0/s1. The van der Waals surface area contributed by atoms with Gasteiger partial charge in [-0.15, -0.1) is 11.3 Å². The Morgan fingerprint density at radius 2 is 2.31 bits per heavy atom. The lowest BCUT2D eigenvalue weighted by Crippen LogP contribution is -2.42. The highest BCUT2D eigenvalue weighted by Gasteiger charge is 2.25. The number of thiophene rings is 1. The SMILES string of the molecule is Cc1ccc(CC(C)N[C@H]2CCC[C@@H]2O)s1. The van der Waals surface area contributed by atoms with E-state index in [1.807, 2.05) is 11.3 Å². The van der Waals surface area contributed by atoms with Crippen molar-refractivity contribution in [3.05, 3.63) is 21.9 Å². The summed E-state index contributed by atoms with van der Waals surface area (Å²) in [5.41, 5.74) is 0. The summed E-state index contributed by atoms with van der Waals surface area (Å²) in [5.74, 6) is 0. The third kappa shape index (κ3) is 3.06. The molecule has 1 saturated carbocycles. The van der Waals surface area contributed by atoms with Gasteiger partial charge >= 0.3 is 0 Å². The maximum absolute atomic E-state index is 9.75. The molecule has 0 amide bonds. The van der Waals surface area contributed by atoms with E-state index >= 15 is 0 Å². The van der Waals surface area contributed by atoms with Gasteiger partial charge in [0, 0.05) is 21.8 Å². The van der Waals surface area contributed by atoms with Gasteiger partial charge in [-0.1, -0.05) is 0 Å². The quantitative estimate of drug-likeness (QED) is 0.846. The summed E-state index contributed by atoms with van der Waals surface area (Å²) in [5, 5.41) is 13.3. The fourth-order valence-electron chi connectivity index (χ4n) is 2.46. The van der Waals surface area contributed by atoms with E-state index in [9.17, 15) is 5.11 Å². The van der Waals surface area contributed by atoms with Crippen molar-refractivity contribution < 1.29 is 5.11 Å². The van der Waals surface area contributed by atoms with E-state index in [0.717, 1.165) is 25.7 Å². The first-order chi connectivity index (χ1) is 7.65. The number of aliphatic hydroxyl groups is 1. The summed E-state index contributed by atoms with van der Waals surface area (Å²) >= 11 is 1.87. The molecule has 1 heterocycles. The first-order valence-electron chi connectivity index (χ1n) is 6.14. The van der Waals surface area contributed by atoms with Crippen LogP contribution in [-0.4, -0.2) is 23.3 Å². The second kappa shape index (κ2) is 5.30. The van der Waals surface area contributed by atoms with Crippen molar-refractivity contribution in [1.29, 1.82) is 0 Å². The van der Waals surface area contributed by atoms with Gasteiger partial charge in [0.1, 0.15) is 0 Å². The Labute approximate surface area is 102 Å². The van der Waals surface area contributed by atoms with Gasteiger partial charge < -0.3 is 10.4 Å². The van der Waals surface area contributed by atoms with Gasteiger partial charge in [0.25, 0.3) is 0 Å². The average Bonchev–Trinajstić information content (AvgIpc) is 2.77. The van der Waals surface area contributed by atoms with Crippen LogP contribution in [0.25, 0.3) is 0 Å².